The van der Waals surface area contributed by atoms with Crippen molar-refractivity contribution in [1.29, 1.82) is 0 Å². The number of rotatable bonds is 1. The van der Waals surface area contributed by atoms with E-state index in [9.17, 15) is 4.79 Å². The Balaban J connectivity index is 2.37. The van der Waals surface area contributed by atoms with Crippen LogP contribution in [0.4, 0.5) is 4.79 Å². The molecule has 1 aliphatic heterocycles. The molecule has 0 aromatic heterocycles. The highest BCUT2D eigenvalue weighted by molar-refractivity contribution is 5.63. The fraction of sp³-hybridized carbons (Fsp3) is 0. The van der Waals surface area contributed by atoms with Gasteiger partial charge in [-0.25, -0.2) is 15.3 Å². The fourth-order valence-corrected chi connectivity index (χ4v) is 0.530. The Morgan fingerprint density at radius 1 is 1.60 bits per heavy atom. The van der Waals surface area contributed by atoms with E-state index in [1.165, 1.54) is 5.12 Å². The summed E-state index contributed by atoms with van der Waals surface area (Å²) < 4.78 is 0. The Bertz CT molecular complexity index is 187. The molecule has 1 aliphatic rings. The summed E-state index contributed by atoms with van der Waals surface area (Å²) in [5, 5.41) is 9.44. The number of hydrogen-bond donors (Lipinski definition) is 3. The minimum absolute atomic E-state index is 1.10. The van der Waals surface area contributed by atoms with Gasteiger partial charge in [0.05, 0.1) is 0 Å². The maximum absolute atomic E-state index is 10.0. The van der Waals surface area contributed by atoms with Gasteiger partial charge in [0.25, 0.3) is 0 Å². The Morgan fingerprint density at radius 3 is 2.90 bits per heavy atom. The molecule has 0 saturated carbocycles. The smallest absolute Gasteiger partial charge is 0.425 e. The van der Waals surface area contributed by atoms with Gasteiger partial charge in [-0.1, -0.05) is 0 Å². The van der Waals surface area contributed by atoms with Crippen molar-refractivity contribution >= 4 is 6.09 Å². The molecular formula is C5H7N3O2. The molecule has 0 aliphatic carbocycles. The highest BCUT2D eigenvalue weighted by atomic mass is 16.4. The van der Waals surface area contributed by atoms with Gasteiger partial charge in [0.1, 0.15) is 0 Å². The summed E-state index contributed by atoms with van der Waals surface area (Å²) >= 11 is 0. The quantitative estimate of drug-likeness (QED) is 0.481. The Hall–Kier alpha value is -1.65. The van der Waals surface area contributed by atoms with E-state index in [1.807, 2.05) is 0 Å². The molecule has 0 saturated heterocycles. The lowest BCUT2D eigenvalue weighted by Gasteiger charge is -2.19. The van der Waals surface area contributed by atoms with Crippen molar-refractivity contribution in [3.05, 3.63) is 24.6 Å². The largest absolute Gasteiger partial charge is 0.464 e. The minimum Gasteiger partial charge on any atom is -0.464 e. The summed E-state index contributed by atoms with van der Waals surface area (Å²) in [4.78, 5) is 10.0. The molecule has 1 heterocycles. The number of nitrogens with one attached hydrogen (secondary N) is 2. The van der Waals surface area contributed by atoms with Crippen LogP contribution in [-0.4, -0.2) is 16.3 Å². The number of carboxylic acid groups (broad SMARTS) is 1. The summed E-state index contributed by atoms with van der Waals surface area (Å²) in [6.45, 7) is 0. The standard InChI is InChI=1S/C5H7N3O2/c9-5(10)7-8-4-2-1-3-6-8/h1-4,6-7H,(H,9,10). The first-order valence-electron chi connectivity index (χ1n) is 2.67. The molecule has 3 N–H and O–H groups in total. The molecule has 0 aromatic rings. The van der Waals surface area contributed by atoms with Crippen LogP contribution in [0.2, 0.25) is 0 Å². The zero-order chi connectivity index (χ0) is 7.40. The lowest BCUT2D eigenvalue weighted by Crippen LogP contribution is -2.45. The fourth-order valence-electron chi connectivity index (χ4n) is 0.530. The van der Waals surface area contributed by atoms with Crippen molar-refractivity contribution in [2.45, 2.75) is 0 Å². The average molecular weight is 141 g/mol. The summed E-state index contributed by atoms with van der Waals surface area (Å²) in [5.74, 6) is 0. The summed E-state index contributed by atoms with van der Waals surface area (Å²) in [6.07, 6.45) is 5.50. The maximum Gasteiger partial charge on any atom is 0.425 e. The molecule has 0 aromatic carbocycles. The average Bonchev–Trinajstić information content (AvgIpc) is 1.88. The van der Waals surface area contributed by atoms with E-state index < -0.39 is 6.09 Å². The van der Waals surface area contributed by atoms with Crippen LogP contribution in [0.25, 0.3) is 0 Å². The third-order valence-corrected chi connectivity index (χ3v) is 0.872. The number of amides is 1. The summed E-state index contributed by atoms with van der Waals surface area (Å²) in [5.41, 5.74) is 4.71. The third-order valence-electron chi connectivity index (χ3n) is 0.872. The summed E-state index contributed by atoms with van der Waals surface area (Å²) in [7, 11) is 0. The van der Waals surface area contributed by atoms with Crippen molar-refractivity contribution in [3.63, 3.8) is 0 Å². The van der Waals surface area contributed by atoms with Gasteiger partial charge in [0, 0.05) is 12.4 Å². The van der Waals surface area contributed by atoms with Crippen LogP contribution >= 0.6 is 0 Å². The summed E-state index contributed by atoms with van der Waals surface area (Å²) in [6, 6.07) is 0. The van der Waals surface area contributed by atoms with E-state index in [-0.39, 0.29) is 0 Å². The van der Waals surface area contributed by atoms with Gasteiger partial charge in [0.15, 0.2) is 0 Å². The van der Waals surface area contributed by atoms with E-state index in [0.717, 1.165) is 0 Å². The van der Waals surface area contributed by atoms with Crippen LogP contribution in [0.5, 0.6) is 0 Å². The molecule has 0 atom stereocenters. The molecular weight excluding hydrogens is 134 g/mol. The molecule has 1 amide bonds. The molecule has 0 fully saturated rings. The first kappa shape index (κ1) is 6.47. The normalized spacial score (nSPS) is 14.6. The topological polar surface area (TPSA) is 64.6 Å². The van der Waals surface area contributed by atoms with Crippen molar-refractivity contribution in [2.24, 2.45) is 0 Å². The van der Waals surface area contributed by atoms with Crippen LogP contribution < -0.4 is 10.9 Å². The van der Waals surface area contributed by atoms with E-state index in [2.05, 4.69) is 10.9 Å². The molecule has 0 bridgehead atoms. The Kier molecular flexibility index (Phi) is 1.79. The molecule has 0 spiro atoms. The van der Waals surface area contributed by atoms with Crippen LogP contribution in [-0.2, 0) is 0 Å². The Morgan fingerprint density at radius 2 is 2.40 bits per heavy atom. The van der Waals surface area contributed by atoms with Crippen molar-refractivity contribution in [1.82, 2.24) is 16.0 Å². The van der Waals surface area contributed by atoms with E-state index in [0.29, 0.717) is 0 Å². The number of carbonyl (C=O) groups is 1. The Labute approximate surface area is 57.6 Å². The van der Waals surface area contributed by atoms with Gasteiger partial charge in [-0.15, -0.1) is 0 Å². The van der Waals surface area contributed by atoms with Crippen molar-refractivity contribution < 1.29 is 9.90 Å². The predicted molar refractivity (Wildman–Crippen MR) is 34.4 cm³/mol. The molecule has 1 rings (SSSR count). The second kappa shape index (κ2) is 2.77. The predicted octanol–water partition coefficient (Wildman–Crippen LogP) is 0.0166. The number of nitrogens with zero attached hydrogens (tertiary/aromatic N) is 1. The zero-order valence-corrected chi connectivity index (χ0v) is 5.11. The van der Waals surface area contributed by atoms with Gasteiger partial charge in [0.2, 0.25) is 0 Å². The van der Waals surface area contributed by atoms with Crippen LogP contribution in [0, 0.1) is 0 Å². The molecule has 10 heavy (non-hydrogen) atoms. The highest BCUT2D eigenvalue weighted by Crippen LogP contribution is 1.86. The highest BCUT2D eigenvalue weighted by Gasteiger charge is 1.99. The zero-order valence-electron chi connectivity index (χ0n) is 5.11. The number of hydrazine groups is 2. The van der Waals surface area contributed by atoms with Crippen molar-refractivity contribution in [2.75, 3.05) is 0 Å². The van der Waals surface area contributed by atoms with Crippen LogP contribution in [0.1, 0.15) is 0 Å². The molecule has 5 heteroatoms. The van der Waals surface area contributed by atoms with Crippen molar-refractivity contribution in [3.8, 4) is 0 Å². The van der Waals surface area contributed by atoms with Gasteiger partial charge < -0.3 is 5.11 Å². The molecule has 0 unspecified atom stereocenters. The molecule has 54 valence electrons. The minimum atomic E-state index is -1.10. The van der Waals surface area contributed by atoms with Gasteiger partial charge in [-0.3, -0.25) is 5.43 Å². The van der Waals surface area contributed by atoms with Crippen LogP contribution in [0.15, 0.2) is 24.6 Å². The van der Waals surface area contributed by atoms with E-state index in [4.69, 9.17) is 5.11 Å². The monoisotopic (exact) mass is 141 g/mol. The third kappa shape index (κ3) is 1.70. The second-order valence-electron chi connectivity index (χ2n) is 1.62. The van der Waals surface area contributed by atoms with Gasteiger partial charge >= 0.3 is 6.09 Å². The number of allylic oxidation sites excluding steroid dienone is 2. The maximum atomic E-state index is 10.0. The first-order chi connectivity index (χ1) is 4.79. The molecule has 0 radical (unpaired) electrons. The van der Waals surface area contributed by atoms with Crippen LogP contribution in [0.3, 0.4) is 0 Å². The second-order valence-corrected chi connectivity index (χ2v) is 1.62. The number of hydrogen-bond acceptors (Lipinski definition) is 3. The van der Waals surface area contributed by atoms with E-state index in [1.54, 1.807) is 24.6 Å². The van der Waals surface area contributed by atoms with Gasteiger partial charge in [-0.05, 0) is 12.2 Å². The van der Waals surface area contributed by atoms with Gasteiger partial charge in [-0.2, -0.15) is 0 Å². The van der Waals surface area contributed by atoms with E-state index >= 15 is 0 Å². The first-order valence-corrected chi connectivity index (χ1v) is 2.67. The lowest BCUT2D eigenvalue weighted by atomic mass is 10.5. The molecule has 5 nitrogen and oxygen atoms in total. The lowest BCUT2D eigenvalue weighted by molar-refractivity contribution is 0.148. The SMILES string of the molecule is O=C(O)NN1C=CC=CN1.